The van der Waals surface area contributed by atoms with Crippen molar-refractivity contribution in [2.24, 2.45) is 0 Å². The zero-order valence-electron chi connectivity index (χ0n) is 34.9. The molecule has 1 aromatic heterocycles. The Morgan fingerprint density at radius 1 is 0.297 bits per heavy atom. The van der Waals surface area contributed by atoms with E-state index in [0.717, 1.165) is 56.1 Å². The van der Waals surface area contributed by atoms with E-state index in [0.29, 0.717) is 0 Å². The van der Waals surface area contributed by atoms with Crippen LogP contribution in [-0.4, -0.2) is 0 Å². The Kier molecular flexibility index (Phi) is 8.13. The summed E-state index contributed by atoms with van der Waals surface area (Å²) in [6.45, 7) is 0. The smallest absolute Gasteiger partial charge is 0.135 e. The number of benzene rings is 10. The van der Waals surface area contributed by atoms with Gasteiger partial charge in [-0.3, -0.25) is 0 Å². The van der Waals surface area contributed by atoms with Crippen LogP contribution in [0.2, 0.25) is 0 Å². The first-order valence-electron chi connectivity index (χ1n) is 22.0. The summed E-state index contributed by atoms with van der Waals surface area (Å²) in [6.07, 6.45) is 0. The molecule has 1 heterocycles. The first-order chi connectivity index (χ1) is 31.8. The average molecular weight is 817 g/mol. The van der Waals surface area contributed by atoms with Crippen LogP contribution < -0.4 is 9.80 Å². The fourth-order valence-corrected chi connectivity index (χ4v) is 10.8. The molecule has 3 nitrogen and oxygen atoms in total. The highest BCUT2D eigenvalue weighted by atomic mass is 16.3. The van der Waals surface area contributed by atoms with Crippen LogP contribution in [0, 0.1) is 0 Å². The Morgan fingerprint density at radius 2 is 0.719 bits per heavy atom. The summed E-state index contributed by atoms with van der Waals surface area (Å²) in [5, 5.41) is 2.12. The summed E-state index contributed by atoms with van der Waals surface area (Å²) in [7, 11) is 0. The van der Waals surface area contributed by atoms with Crippen molar-refractivity contribution in [2.75, 3.05) is 9.80 Å². The van der Waals surface area contributed by atoms with Gasteiger partial charge in [0.25, 0.3) is 0 Å². The van der Waals surface area contributed by atoms with Crippen LogP contribution in [-0.2, 0) is 5.41 Å². The van der Waals surface area contributed by atoms with Crippen molar-refractivity contribution in [1.82, 2.24) is 0 Å². The summed E-state index contributed by atoms with van der Waals surface area (Å²) in [5.74, 6) is 0. The van der Waals surface area contributed by atoms with E-state index in [1.54, 1.807) is 0 Å². The van der Waals surface area contributed by atoms with Gasteiger partial charge in [-0.25, -0.2) is 0 Å². The van der Waals surface area contributed by atoms with E-state index >= 15 is 0 Å². The highest BCUT2D eigenvalue weighted by molar-refractivity contribution is 6.09. The molecule has 0 unspecified atom stereocenters. The average Bonchev–Trinajstić information content (AvgIpc) is 3.99. The zero-order chi connectivity index (χ0) is 42.2. The van der Waals surface area contributed by atoms with Crippen molar-refractivity contribution in [3.63, 3.8) is 0 Å². The molecular weight excluding hydrogens is 777 g/mol. The number of hydrogen-bond donors (Lipinski definition) is 0. The number of furan rings is 1. The van der Waals surface area contributed by atoms with Crippen LogP contribution in [0.4, 0.5) is 34.1 Å². The van der Waals surface area contributed by atoms with E-state index in [9.17, 15) is 0 Å². The SMILES string of the molecule is c1ccc(-c2ccc(N(c3ccc4oc5ccc(N(c6ccccc6)c6ccccc6)cc5c4c3)c3cccc4c3-c3ccccc3C43c4ccccc4-c4ccccc43)cc2)cc1. The molecule has 10 aromatic carbocycles. The van der Waals surface area contributed by atoms with Gasteiger partial charge in [-0.2, -0.15) is 0 Å². The largest absolute Gasteiger partial charge is 0.456 e. The van der Waals surface area contributed by atoms with Crippen LogP contribution in [0.1, 0.15) is 22.3 Å². The third kappa shape index (κ3) is 5.34. The first-order valence-corrected chi connectivity index (χ1v) is 22.0. The highest BCUT2D eigenvalue weighted by Gasteiger charge is 2.52. The van der Waals surface area contributed by atoms with Gasteiger partial charge < -0.3 is 14.2 Å². The van der Waals surface area contributed by atoms with Crippen LogP contribution in [0.25, 0.3) is 55.3 Å². The van der Waals surface area contributed by atoms with Gasteiger partial charge >= 0.3 is 0 Å². The molecule has 300 valence electrons. The monoisotopic (exact) mass is 816 g/mol. The quantitative estimate of drug-likeness (QED) is 0.160. The molecular formula is C61H40N2O. The summed E-state index contributed by atoms with van der Waals surface area (Å²) in [4.78, 5) is 4.77. The minimum atomic E-state index is -0.456. The minimum absolute atomic E-state index is 0.456. The predicted octanol–water partition coefficient (Wildman–Crippen LogP) is 16.5. The van der Waals surface area contributed by atoms with E-state index < -0.39 is 5.41 Å². The maximum Gasteiger partial charge on any atom is 0.135 e. The Hall–Kier alpha value is -8.40. The van der Waals surface area contributed by atoms with Crippen molar-refractivity contribution in [1.29, 1.82) is 0 Å². The molecule has 0 saturated heterocycles. The van der Waals surface area contributed by atoms with E-state index in [4.69, 9.17) is 4.42 Å². The Balaban J connectivity index is 1.04. The maximum absolute atomic E-state index is 6.62. The summed E-state index contributed by atoms with van der Waals surface area (Å²) >= 11 is 0. The number of anilines is 6. The maximum atomic E-state index is 6.62. The van der Waals surface area contributed by atoms with E-state index in [1.165, 1.54) is 55.6 Å². The van der Waals surface area contributed by atoms with Gasteiger partial charge in [0.15, 0.2) is 0 Å². The second-order valence-corrected chi connectivity index (χ2v) is 16.8. The third-order valence-corrected chi connectivity index (χ3v) is 13.5. The standard InChI is InChI=1S/C61H40N2O/c1-4-17-41(18-5-1)42-31-33-45(34-32-42)63(47-36-38-59-52(40-47)51-39-46(35-37-58(51)64-59)62(43-19-6-2-7-20-43)44-21-8-3-9-22-44)57-30-16-29-56-60(57)50-25-12-15-28-55(50)61(56)53-26-13-10-23-48(53)49-24-11-14-27-54(49)61/h1-40H. The molecule has 64 heavy (non-hydrogen) atoms. The molecule has 1 spiro atoms. The van der Waals surface area contributed by atoms with Crippen molar-refractivity contribution in [2.45, 2.75) is 5.41 Å². The second kappa shape index (κ2) is 14.3. The van der Waals surface area contributed by atoms with Crippen molar-refractivity contribution in [3.05, 3.63) is 265 Å². The zero-order valence-corrected chi connectivity index (χ0v) is 34.9. The lowest BCUT2D eigenvalue weighted by molar-refractivity contribution is 0.669. The van der Waals surface area contributed by atoms with Gasteiger partial charge in [-0.15, -0.1) is 0 Å². The second-order valence-electron chi connectivity index (χ2n) is 16.8. The first kappa shape index (κ1) is 36.3. The molecule has 0 saturated carbocycles. The number of rotatable bonds is 7. The number of fused-ring (bicyclic) bond motifs is 13. The molecule has 0 radical (unpaired) electrons. The molecule has 2 aliphatic rings. The molecule has 13 rings (SSSR count). The molecule has 2 aliphatic carbocycles. The number of para-hydroxylation sites is 2. The van der Waals surface area contributed by atoms with Crippen LogP contribution in [0.5, 0.6) is 0 Å². The third-order valence-electron chi connectivity index (χ3n) is 13.5. The lowest BCUT2D eigenvalue weighted by Gasteiger charge is -2.32. The van der Waals surface area contributed by atoms with Crippen LogP contribution in [0.15, 0.2) is 247 Å². The van der Waals surface area contributed by atoms with Gasteiger partial charge in [0.05, 0.1) is 11.1 Å². The van der Waals surface area contributed by atoms with E-state index in [-0.39, 0.29) is 0 Å². The van der Waals surface area contributed by atoms with Gasteiger partial charge in [0.2, 0.25) is 0 Å². The molecule has 0 amide bonds. The van der Waals surface area contributed by atoms with Gasteiger partial charge in [0, 0.05) is 44.8 Å². The van der Waals surface area contributed by atoms with Gasteiger partial charge in [-0.1, -0.05) is 164 Å². The van der Waals surface area contributed by atoms with Crippen molar-refractivity contribution >= 4 is 56.1 Å². The lowest BCUT2D eigenvalue weighted by Crippen LogP contribution is -2.26. The molecule has 0 bridgehead atoms. The van der Waals surface area contributed by atoms with Crippen LogP contribution >= 0.6 is 0 Å². The van der Waals surface area contributed by atoms with E-state index in [2.05, 4.69) is 252 Å². The topological polar surface area (TPSA) is 19.6 Å². The number of hydrogen-bond acceptors (Lipinski definition) is 3. The molecule has 0 N–H and O–H groups in total. The lowest BCUT2D eigenvalue weighted by atomic mass is 9.70. The molecule has 0 aliphatic heterocycles. The fourth-order valence-electron chi connectivity index (χ4n) is 10.8. The summed E-state index contributed by atoms with van der Waals surface area (Å²) in [6, 6.07) is 88.1. The number of nitrogens with zero attached hydrogens (tertiary/aromatic N) is 2. The van der Waals surface area contributed by atoms with Crippen molar-refractivity contribution < 1.29 is 4.42 Å². The molecule has 0 fully saturated rings. The molecule has 0 atom stereocenters. The normalized spacial score (nSPS) is 12.8. The van der Waals surface area contributed by atoms with Gasteiger partial charge in [0.1, 0.15) is 11.2 Å². The Labute approximate surface area is 372 Å². The summed E-state index contributed by atoms with van der Waals surface area (Å²) < 4.78 is 6.62. The fraction of sp³-hybridized carbons (Fsp3) is 0.0164. The van der Waals surface area contributed by atoms with Crippen LogP contribution in [0.3, 0.4) is 0 Å². The molecule has 3 heteroatoms. The highest BCUT2D eigenvalue weighted by Crippen LogP contribution is 2.64. The summed E-state index contributed by atoms with van der Waals surface area (Å²) in [5.41, 5.74) is 20.5. The molecule has 11 aromatic rings. The predicted molar refractivity (Wildman–Crippen MR) is 265 cm³/mol. The Morgan fingerprint density at radius 3 is 1.30 bits per heavy atom. The van der Waals surface area contributed by atoms with E-state index in [1.807, 2.05) is 0 Å². The minimum Gasteiger partial charge on any atom is -0.456 e. The Bertz CT molecular complexity index is 3470. The van der Waals surface area contributed by atoms with Crippen molar-refractivity contribution in [3.8, 4) is 33.4 Å². The van der Waals surface area contributed by atoms with Gasteiger partial charge in [-0.05, 0) is 129 Å².